The fraction of sp³-hybridized carbons (Fsp3) is 0.391. The Balaban J connectivity index is 0.783. The number of aromatic amines is 1. The van der Waals surface area contributed by atoms with Crippen LogP contribution in [0.5, 0.6) is 5.75 Å². The molecule has 6 aromatic rings. The molecule has 9 rings (SSSR count). The predicted molar refractivity (Wildman–Crippen MR) is 229 cm³/mol. The largest absolute Gasteiger partial charge is 0.481 e. The highest BCUT2D eigenvalue weighted by Crippen LogP contribution is 2.41. The van der Waals surface area contributed by atoms with Crippen molar-refractivity contribution in [3.05, 3.63) is 102 Å². The number of pyridine rings is 1. The summed E-state index contributed by atoms with van der Waals surface area (Å²) in [5.74, 6) is 1.55. The molecule has 2 atom stereocenters. The van der Waals surface area contributed by atoms with Crippen LogP contribution in [-0.4, -0.2) is 91.0 Å². The lowest BCUT2D eigenvalue weighted by Gasteiger charge is -2.47. The summed E-state index contributed by atoms with van der Waals surface area (Å²) in [7, 11) is 0. The summed E-state index contributed by atoms with van der Waals surface area (Å²) in [5.41, 5.74) is 7.33. The topological polar surface area (TPSA) is 184 Å². The summed E-state index contributed by atoms with van der Waals surface area (Å²) in [6.45, 7) is 13.7. The Kier molecular flexibility index (Phi) is 10.6. The molecule has 2 aliphatic heterocycles. The molecule has 0 unspecified atom stereocenters. The van der Waals surface area contributed by atoms with Gasteiger partial charge in [0.25, 0.3) is 5.91 Å². The molecule has 3 N–H and O–H groups in total. The summed E-state index contributed by atoms with van der Waals surface area (Å²) in [6.07, 6.45) is 5.83. The number of rotatable bonds is 10. The van der Waals surface area contributed by atoms with Gasteiger partial charge >= 0.3 is 11.8 Å². The van der Waals surface area contributed by atoms with E-state index in [0.29, 0.717) is 36.4 Å². The summed E-state index contributed by atoms with van der Waals surface area (Å²) in [6, 6.07) is 20.8. The molecule has 1 saturated carbocycles. The summed E-state index contributed by atoms with van der Waals surface area (Å²) in [4.78, 5) is 63.3. The maximum absolute atomic E-state index is 12.9. The number of amides is 3. The van der Waals surface area contributed by atoms with Gasteiger partial charge in [-0.15, -0.1) is 0 Å². The van der Waals surface area contributed by atoms with Crippen molar-refractivity contribution < 1.29 is 23.6 Å². The Morgan fingerprint density at radius 2 is 1.72 bits per heavy atom. The zero-order chi connectivity index (χ0) is 42.4. The zero-order valence-corrected chi connectivity index (χ0v) is 35.1. The predicted octanol–water partition coefficient (Wildman–Crippen LogP) is 6.42. The molecule has 3 aliphatic rings. The number of carbonyl (C=O) groups is 3. The molecule has 15 heteroatoms. The Morgan fingerprint density at radius 3 is 2.41 bits per heavy atom. The Bertz CT molecular complexity index is 2580. The number of aryl methyl sites for hydroxylation is 1. The molecule has 0 radical (unpaired) electrons. The van der Waals surface area contributed by atoms with Gasteiger partial charge in [0.15, 0.2) is 11.9 Å². The van der Waals surface area contributed by atoms with E-state index >= 15 is 0 Å². The molecule has 3 amide bonds. The van der Waals surface area contributed by atoms with Crippen LogP contribution in [0.3, 0.4) is 0 Å². The number of nitrogens with one attached hydrogen (secondary N) is 3. The number of hydrogen-bond donors (Lipinski definition) is 3. The van der Waals surface area contributed by atoms with Crippen LogP contribution in [0.25, 0.3) is 33.5 Å². The van der Waals surface area contributed by atoms with Crippen LogP contribution in [0.1, 0.15) is 98.5 Å². The number of imide groups is 1. The Labute approximate surface area is 353 Å². The van der Waals surface area contributed by atoms with E-state index in [-0.39, 0.29) is 29.2 Å². The van der Waals surface area contributed by atoms with Gasteiger partial charge in [0.1, 0.15) is 23.5 Å². The van der Waals surface area contributed by atoms with Crippen molar-refractivity contribution in [2.24, 2.45) is 0 Å². The Hall–Kier alpha value is -6.48. The number of carbonyl (C=O) groups excluding carboxylic acids is 3. The lowest BCUT2D eigenvalue weighted by molar-refractivity contribution is -0.138. The number of aromatic nitrogens is 6. The van der Waals surface area contributed by atoms with Crippen LogP contribution in [0, 0.1) is 6.92 Å². The highest BCUT2D eigenvalue weighted by Gasteiger charge is 2.36. The molecule has 0 spiro atoms. The van der Waals surface area contributed by atoms with E-state index in [1.807, 2.05) is 65.1 Å². The maximum atomic E-state index is 12.9. The number of anilines is 1. The maximum Gasteiger partial charge on any atom is 0.315 e. The number of hydrogen-bond acceptors (Lipinski definition) is 12. The molecule has 61 heavy (non-hydrogen) atoms. The van der Waals surface area contributed by atoms with Crippen molar-refractivity contribution in [3.8, 4) is 28.3 Å². The zero-order valence-electron chi connectivity index (χ0n) is 35.1. The first-order chi connectivity index (χ1) is 29.4. The van der Waals surface area contributed by atoms with Gasteiger partial charge in [-0.2, -0.15) is 4.98 Å². The van der Waals surface area contributed by atoms with Gasteiger partial charge < -0.3 is 24.5 Å². The lowest BCUT2D eigenvalue weighted by atomic mass is 9.75. The Morgan fingerprint density at radius 1 is 0.951 bits per heavy atom. The van der Waals surface area contributed by atoms with Crippen molar-refractivity contribution in [2.75, 3.05) is 31.1 Å². The second kappa shape index (κ2) is 16.2. The smallest absolute Gasteiger partial charge is 0.315 e. The lowest BCUT2D eigenvalue weighted by Crippen LogP contribution is -2.53. The van der Waals surface area contributed by atoms with Crippen LogP contribution in [0.4, 0.5) is 5.82 Å². The first-order valence-electron chi connectivity index (χ1n) is 21.0. The summed E-state index contributed by atoms with van der Waals surface area (Å²) in [5, 5.41) is 10.2. The molecule has 4 aromatic heterocycles. The van der Waals surface area contributed by atoms with E-state index in [4.69, 9.17) is 14.2 Å². The van der Waals surface area contributed by atoms with Gasteiger partial charge in [-0.3, -0.25) is 24.6 Å². The van der Waals surface area contributed by atoms with E-state index in [1.54, 1.807) is 6.33 Å². The van der Waals surface area contributed by atoms with Crippen LogP contribution in [0.15, 0.2) is 77.7 Å². The van der Waals surface area contributed by atoms with Crippen molar-refractivity contribution in [1.82, 2.24) is 45.6 Å². The van der Waals surface area contributed by atoms with E-state index in [2.05, 4.69) is 81.9 Å². The number of H-pyrrole nitrogens is 1. The molecule has 2 aromatic carbocycles. The molecular formula is C46H50N10O5. The molecule has 0 bridgehead atoms. The molecule has 2 saturated heterocycles. The average molecular weight is 823 g/mol. The first-order valence-corrected chi connectivity index (χ1v) is 21.0. The number of piperazine rings is 1. The first kappa shape index (κ1) is 40.0. The molecule has 15 nitrogen and oxygen atoms in total. The van der Waals surface area contributed by atoms with Crippen molar-refractivity contribution >= 4 is 34.6 Å². The fourth-order valence-electron chi connectivity index (χ4n) is 8.57. The standard InChI is InChI=1S/C46H50N10O5/c1-26-20-29(8-12-34(26)27(2)50-43(59)44-53-45(54-61-44)46(3,4)5)40-35-23-36(51-41(35)49-25-48-40)30-9-14-38(47-24-30)56-18-16-55(17-19-56)32-21-31(22-32)28-6-10-33(11-7-28)60-37-13-15-39(57)52-42(37)58/h6-12,14,20,23-25,27,31-32,37H,13,15-19,21-22H2,1-5H3,(H,50,59)(H,48,49,51)(H,52,57,58)/t27-,31-,32+,37-/m1/s1. The fourth-order valence-corrected chi connectivity index (χ4v) is 8.57. The third-order valence-corrected chi connectivity index (χ3v) is 12.2. The SMILES string of the molecule is Cc1cc(-c2ncnc3[nH]c(-c4ccc(N5CCN([C@H]6C[C@@H](c7ccc(O[C@@H]8CCC(=O)NC8=O)cc7)C6)CC5)nc4)cc23)ccc1[C@@H](C)NC(=O)c1nc(C(C)(C)C)no1. The van der Waals surface area contributed by atoms with E-state index in [9.17, 15) is 14.4 Å². The number of nitrogens with zero attached hydrogens (tertiary/aromatic N) is 7. The quantitative estimate of drug-likeness (QED) is 0.129. The highest BCUT2D eigenvalue weighted by atomic mass is 16.5. The second-order valence-electron chi connectivity index (χ2n) is 17.5. The normalized spacial score (nSPS) is 20.3. The highest BCUT2D eigenvalue weighted by molar-refractivity contribution is 6.00. The average Bonchev–Trinajstić information content (AvgIpc) is 3.92. The monoisotopic (exact) mass is 822 g/mol. The second-order valence-corrected chi connectivity index (χ2v) is 17.5. The van der Waals surface area contributed by atoms with Gasteiger partial charge in [0.2, 0.25) is 5.91 Å². The molecule has 6 heterocycles. The van der Waals surface area contributed by atoms with Crippen LogP contribution >= 0.6 is 0 Å². The minimum absolute atomic E-state index is 0.0521. The third-order valence-electron chi connectivity index (χ3n) is 12.2. The number of fused-ring (bicyclic) bond motifs is 1. The van der Waals surface area contributed by atoms with Gasteiger partial charge in [0.05, 0.1) is 11.7 Å². The van der Waals surface area contributed by atoms with Crippen LogP contribution < -0.4 is 20.3 Å². The van der Waals surface area contributed by atoms with Crippen molar-refractivity contribution in [3.63, 3.8) is 0 Å². The van der Waals surface area contributed by atoms with E-state index < -0.39 is 12.0 Å². The summed E-state index contributed by atoms with van der Waals surface area (Å²) >= 11 is 0. The minimum Gasteiger partial charge on any atom is -0.481 e. The minimum atomic E-state index is -0.623. The van der Waals surface area contributed by atoms with Crippen LogP contribution in [0.2, 0.25) is 0 Å². The van der Waals surface area contributed by atoms with E-state index in [0.717, 1.165) is 89.5 Å². The number of benzene rings is 2. The van der Waals surface area contributed by atoms with Crippen molar-refractivity contribution in [2.45, 2.75) is 89.8 Å². The molecule has 314 valence electrons. The van der Waals surface area contributed by atoms with Gasteiger partial charge in [0, 0.05) is 78.9 Å². The third kappa shape index (κ3) is 8.34. The van der Waals surface area contributed by atoms with E-state index in [1.165, 1.54) is 5.56 Å². The van der Waals surface area contributed by atoms with Gasteiger partial charge in [-0.05, 0) is 85.7 Å². The summed E-state index contributed by atoms with van der Waals surface area (Å²) < 4.78 is 11.1. The van der Waals surface area contributed by atoms with Gasteiger partial charge in [-0.1, -0.05) is 50.2 Å². The molecule has 1 aliphatic carbocycles. The molecular weight excluding hydrogens is 773 g/mol. The number of ether oxygens (including phenoxy) is 1. The molecule has 3 fully saturated rings. The number of piperidine rings is 1. The van der Waals surface area contributed by atoms with Crippen molar-refractivity contribution in [1.29, 1.82) is 0 Å². The van der Waals surface area contributed by atoms with Crippen LogP contribution in [-0.2, 0) is 15.0 Å². The van der Waals surface area contributed by atoms with Gasteiger partial charge in [-0.25, -0.2) is 15.0 Å².